The van der Waals surface area contributed by atoms with Crippen molar-refractivity contribution in [1.82, 2.24) is 10.3 Å². The van der Waals surface area contributed by atoms with Gasteiger partial charge in [-0.25, -0.2) is 0 Å². The molecule has 0 radical (unpaired) electrons. The second-order valence-electron chi connectivity index (χ2n) is 4.97. The molecule has 1 aromatic heterocycles. The zero-order chi connectivity index (χ0) is 11.4. The molecule has 2 nitrogen and oxygen atoms in total. The van der Waals surface area contributed by atoms with E-state index in [-0.39, 0.29) is 0 Å². The molecule has 0 spiro atoms. The van der Waals surface area contributed by atoms with Crippen molar-refractivity contribution in [3.63, 3.8) is 0 Å². The summed E-state index contributed by atoms with van der Waals surface area (Å²) in [6.07, 6.45) is 7.59. The van der Waals surface area contributed by atoms with Crippen molar-refractivity contribution in [2.75, 3.05) is 6.54 Å². The van der Waals surface area contributed by atoms with Crippen LogP contribution in [0.15, 0.2) is 11.7 Å². The Morgan fingerprint density at radius 1 is 1.56 bits per heavy atom. The Labute approximate surface area is 102 Å². The smallest absolute Gasteiger partial charge is 0.0794 e. The first-order valence-electron chi connectivity index (χ1n) is 6.43. The van der Waals surface area contributed by atoms with Gasteiger partial charge in [-0.2, -0.15) is 0 Å². The van der Waals surface area contributed by atoms with Gasteiger partial charge in [0, 0.05) is 17.1 Å². The second-order valence-corrected chi connectivity index (χ2v) is 5.89. The Morgan fingerprint density at radius 3 is 3.06 bits per heavy atom. The molecule has 3 unspecified atom stereocenters. The summed E-state index contributed by atoms with van der Waals surface area (Å²) in [4.78, 5) is 5.64. The molecule has 1 N–H and O–H groups in total. The molecule has 0 amide bonds. The van der Waals surface area contributed by atoms with Gasteiger partial charge in [0.15, 0.2) is 0 Å². The number of thiazole rings is 1. The van der Waals surface area contributed by atoms with Gasteiger partial charge in [0.05, 0.1) is 5.51 Å². The van der Waals surface area contributed by atoms with E-state index in [1.807, 2.05) is 11.7 Å². The van der Waals surface area contributed by atoms with E-state index >= 15 is 0 Å². The average Bonchev–Trinajstić information content (AvgIpc) is 2.79. The van der Waals surface area contributed by atoms with Crippen LogP contribution in [0.1, 0.15) is 50.4 Å². The molecule has 2 rings (SSSR count). The van der Waals surface area contributed by atoms with E-state index in [0.717, 1.165) is 18.4 Å². The highest BCUT2D eigenvalue weighted by Gasteiger charge is 2.27. The van der Waals surface area contributed by atoms with Gasteiger partial charge in [0.1, 0.15) is 0 Å². The first kappa shape index (κ1) is 12.1. The molecule has 1 heterocycles. The Balaban J connectivity index is 2.06. The van der Waals surface area contributed by atoms with Gasteiger partial charge in [0.25, 0.3) is 0 Å². The lowest BCUT2D eigenvalue weighted by Crippen LogP contribution is -2.30. The third-order valence-corrected chi connectivity index (χ3v) is 4.49. The van der Waals surface area contributed by atoms with Crippen molar-refractivity contribution in [2.45, 2.75) is 45.6 Å². The van der Waals surface area contributed by atoms with E-state index in [0.29, 0.717) is 6.04 Å². The molecular formula is C13H22N2S. The van der Waals surface area contributed by atoms with Crippen molar-refractivity contribution in [2.24, 2.45) is 11.8 Å². The Hall–Kier alpha value is -0.410. The third-order valence-electron chi connectivity index (χ3n) is 3.63. The molecule has 0 saturated heterocycles. The predicted molar refractivity (Wildman–Crippen MR) is 69.7 cm³/mol. The number of rotatable bonds is 4. The molecule has 1 saturated carbocycles. The lowest BCUT2D eigenvalue weighted by Gasteiger charge is -2.33. The minimum Gasteiger partial charge on any atom is -0.309 e. The zero-order valence-electron chi connectivity index (χ0n) is 10.3. The molecule has 3 heteroatoms. The van der Waals surface area contributed by atoms with Gasteiger partial charge >= 0.3 is 0 Å². The molecule has 1 aliphatic carbocycles. The molecule has 0 bridgehead atoms. The Kier molecular flexibility index (Phi) is 4.36. The molecule has 90 valence electrons. The summed E-state index contributed by atoms with van der Waals surface area (Å²) in [5.41, 5.74) is 1.95. The molecule has 3 atom stereocenters. The lowest BCUT2D eigenvalue weighted by molar-refractivity contribution is 0.227. The first-order valence-corrected chi connectivity index (χ1v) is 7.31. The van der Waals surface area contributed by atoms with Crippen LogP contribution < -0.4 is 5.32 Å². The van der Waals surface area contributed by atoms with Crippen molar-refractivity contribution in [1.29, 1.82) is 0 Å². The van der Waals surface area contributed by atoms with Gasteiger partial charge in [-0.15, -0.1) is 11.3 Å². The van der Waals surface area contributed by atoms with Crippen LogP contribution in [-0.2, 0) is 0 Å². The van der Waals surface area contributed by atoms with Gasteiger partial charge in [-0.3, -0.25) is 4.98 Å². The maximum absolute atomic E-state index is 4.22. The fourth-order valence-electron chi connectivity index (χ4n) is 2.88. The van der Waals surface area contributed by atoms with E-state index in [2.05, 4.69) is 24.1 Å². The van der Waals surface area contributed by atoms with E-state index in [9.17, 15) is 0 Å². The van der Waals surface area contributed by atoms with Gasteiger partial charge < -0.3 is 5.32 Å². The fourth-order valence-corrected chi connectivity index (χ4v) is 3.67. The summed E-state index contributed by atoms with van der Waals surface area (Å²) >= 11 is 1.79. The van der Waals surface area contributed by atoms with Crippen LogP contribution in [0.25, 0.3) is 0 Å². The molecule has 1 fully saturated rings. The number of nitrogens with zero attached hydrogens (tertiary/aromatic N) is 1. The van der Waals surface area contributed by atoms with E-state index in [4.69, 9.17) is 0 Å². The quantitative estimate of drug-likeness (QED) is 0.866. The molecular weight excluding hydrogens is 216 g/mol. The number of aromatic nitrogens is 1. The standard InChI is InChI=1S/C13H22N2S/c1-3-15-13(12-8-14-9-16-12)11-6-4-5-10(2)7-11/h8-11,13,15H,3-7H2,1-2H3. The molecule has 16 heavy (non-hydrogen) atoms. The summed E-state index contributed by atoms with van der Waals surface area (Å²) in [5, 5.41) is 3.65. The normalized spacial score (nSPS) is 27.9. The maximum atomic E-state index is 4.22. The largest absolute Gasteiger partial charge is 0.309 e. The highest BCUT2D eigenvalue weighted by molar-refractivity contribution is 7.09. The third kappa shape index (κ3) is 2.83. The van der Waals surface area contributed by atoms with Crippen LogP contribution in [0.2, 0.25) is 0 Å². The molecule has 1 aromatic rings. The minimum atomic E-state index is 0.542. The van der Waals surface area contributed by atoms with Gasteiger partial charge in [-0.05, 0) is 31.2 Å². The first-order chi connectivity index (χ1) is 7.81. The zero-order valence-corrected chi connectivity index (χ0v) is 11.1. The van der Waals surface area contributed by atoms with E-state index in [1.165, 1.54) is 30.6 Å². The summed E-state index contributed by atoms with van der Waals surface area (Å²) in [6.45, 7) is 5.63. The molecule has 0 aromatic carbocycles. The van der Waals surface area contributed by atoms with Crippen molar-refractivity contribution < 1.29 is 0 Å². The SMILES string of the molecule is CCNC(c1cncs1)C1CCCC(C)C1. The summed E-state index contributed by atoms with van der Waals surface area (Å²) in [5.74, 6) is 1.71. The Bertz CT molecular complexity index is 297. The van der Waals surface area contributed by atoms with Gasteiger partial charge in [-0.1, -0.05) is 26.7 Å². The van der Waals surface area contributed by atoms with Crippen LogP contribution in [0, 0.1) is 11.8 Å². The highest BCUT2D eigenvalue weighted by Crippen LogP contribution is 2.37. The minimum absolute atomic E-state index is 0.542. The molecule has 1 aliphatic rings. The van der Waals surface area contributed by atoms with Crippen LogP contribution in [-0.4, -0.2) is 11.5 Å². The number of hydrogen-bond donors (Lipinski definition) is 1. The number of nitrogens with one attached hydrogen (secondary N) is 1. The Morgan fingerprint density at radius 2 is 2.44 bits per heavy atom. The van der Waals surface area contributed by atoms with Gasteiger partial charge in [0.2, 0.25) is 0 Å². The van der Waals surface area contributed by atoms with Crippen molar-refractivity contribution >= 4 is 11.3 Å². The summed E-state index contributed by atoms with van der Waals surface area (Å²) < 4.78 is 0. The average molecular weight is 238 g/mol. The van der Waals surface area contributed by atoms with E-state index < -0.39 is 0 Å². The highest BCUT2D eigenvalue weighted by atomic mass is 32.1. The lowest BCUT2D eigenvalue weighted by atomic mass is 9.78. The van der Waals surface area contributed by atoms with Crippen LogP contribution in [0.3, 0.4) is 0 Å². The second kappa shape index (κ2) is 5.78. The van der Waals surface area contributed by atoms with Crippen molar-refractivity contribution in [3.8, 4) is 0 Å². The van der Waals surface area contributed by atoms with Crippen LogP contribution in [0.4, 0.5) is 0 Å². The fraction of sp³-hybridized carbons (Fsp3) is 0.769. The predicted octanol–water partition coefficient (Wildman–Crippen LogP) is 3.62. The topological polar surface area (TPSA) is 24.9 Å². The number of hydrogen-bond acceptors (Lipinski definition) is 3. The maximum Gasteiger partial charge on any atom is 0.0794 e. The molecule has 0 aliphatic heterocycles. The van der Waals surface area contributed by atoms with E-state index in [1.54, 1.807) is 11.3 Å². The monoisotopic (exact) mass is 238 g/mol. The van der Waals surface area contributed by atoms with Crippen LogP contribution in [0.5, 0.6) is 0 Å². The summed E-state index contributed by atoms with van der Waals surface area (Å²) in [7, 11) is 0. The summed E-state index contributed by atoms with van der Waals surface area (Å²) in [6, 6.07) is 0.542. The van der Waals surface area contributed by atoms with Crippen molar-refractivity contribution in [3.05, 3.63) is 16.6 Å². The van der Waals surface area contributed by atoms with Crippen LogP contribution >= 0.6 is 11.3 Å².